The van der Waals surface area contributed by atoms with Crippen LogP contribution in [-0.4, -0.2) is 70.6 Å². The third-order valence-corrected chi connectivity index (χ3v) is 8.95. The van der Waals surface area contributed by atoms with Gasteiger partial charge in [-0.05, 0) is 55.4 Å². The number of likely N-dealkylation sites (tertiary alicyclic amines) is 1. The summed E-state index contributed by atoms with van der Waals surface area (Å²) in [4.78, 5) is 65.8. The van der Waals surface area contributed by atoms with Crippen LogP contribution < -0.4 is 21.7 Å². The zero-order valence-corrected chi connectivity index (χ0v) is 26.5. The lowest BCUT2D eigenvalue weighted by molar-refractivity contribution is -0.143. The van der Waals surface area contributed by atoms with Crippen LogP contribution in [0.3, 0.4) is 0 Å². The molecule has 1 aliphatic carbocycles. The summed E-state index contributed by atoms with van der Waals surface area (Å²) >= 11 is 0. The molecule has 12 heteroatoms. The number of rotatable bonds is 10. The summed E-state index contributed by atoms with van der Waals surface area (Å²) < 4.78 is 28.3. The predicted molar refractivity (Wildman–Crippen MR) is 161 cm³/mol. The fraction of sp³-hybridized carbons (Fsp3) is 0.656. The maximum absolute atomic E-state index is 14.2. The third kappa shape index (κ3) is 8.75. The molecule has 3 rings (SSSR count). The van der Waals surface area contributed by atoms with Crippen LogP contribution in [0.5, 0.6) is 0 Å². The monoisotopic (exact) mass is 619 g/mol. The number of urea groups is 1. The summed E-state index contributed by atoms with van der Waals surface area (Å²) in [6, 6.07) is 5.52. The Hall–Kier alpha value is -3.57. The number of carbonyl (C=O) groups is 5. The minimum Gasteiger partial charge on any atom is -0.363 e. The molecule has 2 fully saturated rings. The standard InChI is InChI=1S/C32H47F2N5O5/c1-19(2)22-16-23(27(42)36-20(3)24(40)26(35)41)39(18-22)28(43)25(30(4,5)6)37-29(44)38-31(12-14-32(33,34)15-13-31)17-21-10-8-7-9-11-21/h7-11,19-20,22-23,25H,12-18H2,1-6H3,(H2,35,41)(H,36,42)(H2,37,38,44)/t20?,22-,23?,25?/m1/s1. The number of alkyl halides is 2. The molecule has 1 aromatic carbocycles. The Balaban J connectivity index is 1.83. The van der Waals surface area contributed by atoms with Gasteiger partial charge in [-0.25, -0.2) is 13.6 Å². The highest BCUT2D eigenvalue weighted by atomic mass is 19.3. The summed E-state index contributed by atoms with van der Waals surface area (Å²) in [6.45, 7) is 10.9. The molecule has 1 saturated heterocycles. The van der Waals surface area contributed by atoms with Crippen molar-refractivity contribution in [2.45, 2.75) is 110 Å². The highest BCUT2D eigenvalue weighted by molar-refractivity contribution is 6.37. The number of hydrogen-bond acceptors (Lipinski definition) is 5. The van der Waals surface area contributed by atoms with Crippen LogP contribution in [0.25, 0.3) is 0 Å². The maximum atomic E-state index is 14.2. The normalized spacial score (nSPS) is 22.5. The number of benzene rings is 1. The smallest absolute Gasteiger partial charge is 0.315 e. The lowest BCUT2D eigenvalue weighted by Crippen LogP contribution is -2.63. The van der Waals surface area contributed by atoms with E-state index in [1.54, 1.807) is 20.8 Å². The van der Waals surface area contributed by atoms with Gasteiger partial charge in [0.05, 0.1) is 6.04 Å². The molecule has 1 heterocycles. The van der Waals surface area contributed by atoms with Gasteiger partial charge in [-0.1, -0.05) is 65.0 Å². The molecule has 5 amide bonds. The molecular formula is C32H47F2N5O5. The summed E-state index contributed by atoms with van der Waals surface area (Å²) in [5.41, 5.74) is 4.27. The number of nitrogens with two attached hydrogens (primary N) is 1. The fourth-order valence-electron chi connectivity index (χ4n) is 6.08. The molecule has 0 aromatic heterocycles. The van der Waals surface area contributed by atoms with E-state index in [0.29, 0.717) is 12.8 Å². The van der Waals surface area contributed by atoms with Gasteiger partial charge in [0.25, 0.3) is 5.91 Å². The van der Waals surface area contributed by atoms with Crippen LogP contribution in [0.15, 0.2) is 30.3 Å². The van der Waals surface area contributed by atoms with Crippen molar-refractivity contribution in [3.63, 3.8) is 0 Å². The van der Waals surface area contributed by atoms with Crippen LogP contribution in [0.4, 0.5) is 13.6 Å². The van der Waals surface area contributed by atoms with E-state index in [2.05, 4.69) is 16.0 Å². The molecule has 3 unspecified atom stereocenters. The Bertz CT molecular complexity index is 1220. The van der Waals surface area contributed by atoms with Crippen molar-refractivity contribution >= 4 is 29.5 Å². The third-order valence-electron chi connectivity index (χ3n) is 8.95. The lowest BCUT2D eigenvalue weighted by Gasteiger charge is -2.42. The first-order valence-corrected chi connectivity index (χ1v) is 15.3. The van der Waals surface area contributed by atoms with E-state index in [1.807, 2.05) is 44.2 Å². The first kappa shape index (κ1) is 34.9. The summed E-state index contributed by atoms with van der Waals surface area (Å²) in [7, 11) is 0. The molecule has 0 spiro atoms. The average Bonchev–Trinajstić information content (AvgIpc) is 3.39. The number of halogens is 2. The second-order valence-electron chi connectivity index (χ2n) is 13.9. The maximum Gasteiger partial charge on any atom is 0.315 e. The Morgan fingerprint density at radius 2 is 1.57 bits per heavy atom. The highest BCUT2D eigenvalue weighted by Crippen LogP contribution is 2.40. The Kier molecular flexibility index (Phi) is 10.8. The van der Waals surface area contributed by atoms with Gasteiger partial charge in [0.1, 0.15) is 12.1 Å². The average molecular weight is 620 g/mol. The van der Waals surface area contributed by atoms with Crippen molar-refractivity contribution < 1.29 is 32.8 Å². The molecule has 10 nitrogen and oxygen atoms in total. The number of hydrogen-bond donors (Lipinski definition) is 4. The van der Waals surface area contributed by atoms with E-state index in [4.69, 9.17) is 5.73 Å². The largest absolute Gasteiger partial charge is 0.363 e. The SMILES string of the molecule is CC(NC(=O)C1C[C@@H](C(C)C)CN1C(=O)C(NC(=O)NC1(Cc2ccccc2)CCC(F)(F)CC1)C(C)(C)C)C(=O)C(N)=O. The molecule has 5 N–H and O–H groups in total. The van der Waals surface area contributed by atoms with Crippen LogP contribution in [0.2, 0.25) is 0 Å². The highest BCUT2D eigenvalue weighted by Gasteiger charge is 2.48. The molecule has 0 bridgehead atoms. The quantitative estimate of drug-likeness (QED) is 0.296. The molecular weight excluding hydrogens is 572 g/mol. The second-order valence-corrected chi connectivity index (χ2v) is 13.9. The van der Waals surface area contributed by atoms with Gasteiger partial charge >= 0.3 is 6.03 Å². The van der Waals surface area contributed by atoms with Crippen molar-refractivity contribution in [1.29, 1.82) is 0 Å². The van der Waals surface area contributed by atoms with Gasteiger partial charge in [0.15, 0.2) is 0 Å². The van der Waals surface area contributed by atoms with Crippen LogP contribution in [0.1, 0.15) is 79.2 Å². The number of nitrogens with one attached hydrogen (secondary N) is 3. The van der Waals surface area contributed by atoms with Crippen LogP contribution in [-0.2, 0) is 25.6 Å². The van der Waals surface area contributed by atoms with Gasteiger partial charge in [-0.15, -0.1) is 0 Å². The molecule has 44 heavy (non-hydrogen) atoms. The minimum atomic E-state index is -2.81. The van der Waals surface area contributed by atoms with E-state index in [0.717, 1.165) is 5.56 Å². The van der Waals surface area contributed by atoms with Crippen molar-refractivity contribution in [3.8, 4) is 0 Å². The van der Waals surface area contributed by atoms with Gasteiger partial charge in [0.2, 0.25) is 23.5 Å². The van der Waals surface area contributed by atoms with Crippen molar-refractivity contribution in [1.82, 2.24) is 20.9 Å². The number of primary amides is 1. The van der Waals surface area contributed by atoms with Gasteiger partial charge in [0, 0.05) is 24.9 Å². The first-order chi connectivity index (χ1) is 20.3. The van der Waals surface area contributed by atoms with Crippen molar-refractivity contribution in [3.05, 3.63) is 35.9 Å². The molecule has 244 valence electrons. The zero-order valence-electron chi connectivity index (χ0n) is 26.5. The van der Waals surface area contributed by atoms with E-state index in [1.165, 1.54) is 11.8 Å². The molecule has 2 aliphatic rings. The Labute approximate surface area is 258 Å². The fourth-order valence-corrected chi connectivity index (χ4v) is 6.08. The number of carbonyl (C=O) groups excluding carboxylic acids is 5. The van der Waals surface area contributed by atoms with Crippen molar-refractivity contribution in [2.75, 3.05) is 6.54 Å². The zero-order chi connectivity index (χ0) is 33.0. The minimum absolute atomic E-state index is 0.0238. The van der Waals surface area contributed by atoms with Crippen LogP contribution >= 0.6 is 0 Å². The number of amides is 5. The van der Waals surface area contributed by atoms with Gasteiger partial charge in [-0.3, -0.25) is 19.2 Å². The topological polar surface area (TPSA) is 151 Å². The van der Waals surface area contributed by atoms with E-state index in [-0.39, 0.29) is 44.1 Å². The molecule has 1 aromatic rings. The second kappa shape index (κ2) is 13.6. The van der Waals surface area contributed by atoms with Crippen molar-refractivity contribution in [2.24, 2.45) is 23.0 Å². The Morgan fingerprint density at radius 1 is 0.977 bits per heavy atom. The molecule has 0 radical (unpaired) electrons. The summed E-state index contributed by atoms with van der Waals surface area (Å²) in [5, 5.41) is 8.29. The number of nitrogens with zero attached hydrogens (tertiary/aromatic N) is 1. The molecule has 4 atom stereocenters. The van der Waals surface area contributed by atoms with Gasteiger partial charge in [-0.2, -0.15) is 0 Å². The summed E-state index contributed by atoms with van der Waals surface area (Å²) in [6.07, 6.45) is 0.119. The van der Waals surface area contributed by atoms with E-state index < -0.39 is 64.5 Å². The first-order valence-electron chi connectivity index (χ1n) is 15.3. The Morgan fingerprint density at radius 3 is 2.09 bits per heavy atom. The predicted octanol–water partition coefficient (Wildman–Crippen LogP) is 3.32. The van der Waals surface area contributed by atoms with E-state index in [9.17, 15) is 32.8 Å². The summed E-state index contributed by atoms with van der Waals surface area (Å²) in [5.74, 6) is -5.89. The van der Waals surface area contributed by atoms with Gasteiger partial charge < -0.3 is 26.6 Å². The molecule has 1 saturated carbocycles. The number of ketones is 1. The molecule has 1 aliphatic heterocycles. The van der Waals surface area contributed by atoms with E-state index >= 15 is 0 Å². The van der Waals surface area contributed by atoms with Crippen LogP contribution in [0, 0.1) is 17.3 Å². The lowest BCUT2D eigenvalue weighted by atomic mass is 9.76. The number of Topliss-reactive ketones (excluding diaryl/α,β-unsaturated/α-hetero) is 1.